The average molecular weight is 687 g/mol. The predicted molar refractivity (Wildman–Crippen MR) is 191 cm³/mol. The number of hydrogen-bond acceptors (Lipinski definition) is 6. The van der Waals surface area contributed by atoms with Crippen LogP contribution in [0.3, 0.4) is 0 Å². The summed E-state index contributed by atoms with van der Waals surface area (Å²) in [6, 6.07) is 5.16. The molecule has 2 aromatic rings. The van der Waals surface area contributed by atoms with Gasteiger partial charge in [0.05, 0.1) is 12.6 Å². The molecular formula is C38H59FN4O6. The molecule has 274 valence electrons. The molecule has 1 aromatic heterocycles. The van der Waals surface area contributed by atoms with Crippen LogP contribution in [0.25, 0.3) is 10.9 Å². The van der Waals surface area contributed by atoms with Crippen LogP contribution < -0.4 is 10.6 Å². The number of carbonyl (C=O) groups excluding carboxylic acids is 4. The van der Waals surface area contributed by atoms with Crippen molar-refractivity contribution in [1.29, 1.82) is 0 Å². The number of halogens is 1. The van der Waals surface area contributed by atoms with Gasteiger partial charge in [0.1, 0.15) is 18.0 Å². The highest BCUT2D eigenvalue weighted by Gasteiger charge is 2.40. The Kier molecular flexibility index (Phi) is 15.4. The van der Waals surface area contributed by atoms with Crippen LogP contribution in [0.15, 0.2) is 18.2 Å². The summed E-state index contributed by atoms with van der Waals surface area (Å²) in [5.74, 6) is 1.32. The third-order valence-corrected chi connectivity index (χ3v) is 9.97. The zero-order chi connectivity index (χ0) is 36.1. The normalized spacial score (nSPS) is 19.4. The molecule has 49 heavy (non-hydrogen) atoms. The first-order valence-electron chi connectivity index (χ1n) is 18.2. The standard InChI is InChI=1S/C25H45FN2O3.C13H14N2O3/c1-6-19(13-10-14-21(17-26)27-24(30)31-25(3,4)5)23(29)28-16-15-22(18(28)2)20-11-8-7-9-12-20;1-3-18-13(17)12-8(2)10-6-9(14-7-16)4-5-11(10)15-12/h18-22H,6-17H2,1-5H3,(H,27,30);4-7,15H,3H2,1-2H3,(H,14,16). The molecule has 4 atom stereocenters. The van der Waals surface area contributed by atoms with Gasteiger partial charge in [-0.15, -0.1) is 0 Å². The van der Waals surface area contributed by atoms with Gasteiger partial charge in [-0.25, -0.2) is 14.0 Å². The first-order valence-corrected chi connectivity index (χ1v) is 18.2. The first kappa shape index (κ1) is 39.8. The molecule has 3 N–H and O–H groups in total. The molecule has 2 aliphatic rings. The maximum absolute atomic E-state index is 13.4. The van der Waals surface area contributed by atoms with Crippen molar-refractivity contribution in [3.8, 4) is 0 Å². The molecular weight excluding hydrogens is 627 g/mol. The van der Waals surface area contributed by atoms with E-state index in [2.05, 4.69) is 34.4 Å². The number of nitrogens with zero attached hydrogens (tertiary/aromatic N) is 1. The van der Waals surface area contributed by atoms with Crippen molar-refractivity contribution >= 4 is 41.0 Å². The van der Waals surface area contributed by atoms with Crippen molar-refractivity contribution in [3.63, 3.8) is 0 Å². The molecule has 4 unspecified atom stereocenters. The lowest BCUT2D eigenvalue weighted by Crippen LogP contribution is -2.41. The molecule has 1 saturated carbocycles. The first-order chi connectivity index (χ1) is 23.3. The molecule has 2 fully saturated rings. The second-order valence-electron chi connectivity index (χ2n) is 14.5. The van der Waals surface area contributed by atoms with Gasteiger partial charge in [-0.3, -0.25) is 9.59 Å². The Morgan fingerprint density at radius 3 is 2.43 bits per heavy atom. The predicted octanol–water partition coefficient (Wildman–Crippen LogP) is 8.08. The Bertz CT molecular complexity index is 1380. The number of nitrogens with one attached hydrogen (secondary N) is 3. The summed E-state index contributed by atoms with van der Waals surface area (Å²) in [6.07, 6.45) is 10.6. The van der Waals surface area contributed by atoms with E-state index in [4.69, 9.17) is 9.47 Å². The van der Waals surface area contributed by atoms with Crippen molar-refractivity contribution in [1.82, 2.24) is 15.2 Å². The molecule has 0 radical (unpaired) electrons. The average Bonchev–Trinajstić information content (AvgIpc) is 3.61. The number of benzene rings is 1. The van der Waals surface area contributed by atoms with Crippen LogP contribution in [0.1, 0.15) is 122 Å². The van der Waals surface area contributed by atoms with E-state index in [-0.39, 0.29) is 17.8 Å². The molecule has 10 nitrogen and oxygen atoms in total. The summed E-state index contributed by atoms with van der Waals surface area (Å²) in [6.45, 7) is 13.9. The van der Waals surface area contributed by atoms with Gasteiger partial charge in [-0.1, -0.05) is 45.4 Å². The quantitative estimate of drug-likeness (QED) is 0.144. The summed E-state index contributed by atoms with van der Waals surface area (Å²) >= 11 is 0. The van der Waals surface area contributed by atoms with Crippen molar-refractivity contribution in [2.45, 2.75) is 130 Å². The van der Waals surface area contributed by atoms with Crippen LogP contribution in [0, 0.1) is 24.7 Å². The molecule has 1 saturated heterocycles. The van der Waals surface area contributed by atoms with E-state index in [0.717, 1.165) is 48.2 Å². The number of H-pyrrole nitrogens is 1. The molecule has 0 spiro atoms. The van der Waals surface area contributed by atoms with E-state index in [0.29, 0.717) is 49.2 Å². The summed E-state index contributed by atoms with van der Waals surface area (Å²) in [4.78, 5) is 52.4. The lowest BCUT2D eigenvalue weighted by Gasteiger charge is -2.33. The number of esters is 1. The van der Waals surface area contributed by atoms with E-state index in [1.54, 1.807) is 33.8 Å². The number of aromatic nitrogens is 1. The van der Waals surface area contributed by atoms with Crippen LogP contribution >= 0.6 is 0 Å². The van der Waals surface area contributed by atoms with Gasteiger partial charge in [0.15, 0.2) is 0 Å². The van der Waals surface area contributed by atoms with Crippen LogP contribution in [0.5, 0.6) is 0 Å². The van der Waals surface area contributed by atoms with Crippen LogP contribution in [0.2, 0.25) is 0 Å². The van der Waals surface area contributed by atoms with Gasteiger partial charge in [0, 0.05) is 35.1 Å². The van der Waals surface area contributed by atoms with E-state index in [1.165, 1.54) is 32.1 Å². The molecule has 4 rings (SSSR count). The number of hydrogen-bond donors (Lipinski definition) is 3. The minimum absolute atomic E-state index is 0.0191. The van der Waals surface area contributed by atoms with Gasteiger partial charge >= 0.3 is 12.1 Å². The zero-order valence-electron chi connectivity index (χ0n) is 30.7. The fourth-order valence-electron chi connectivity index (χ4n) is 7.37. The summed E-state index contributed by atoms with van der Waals surface area (Å²) in [7, 11) is 0. The van der Waals surface area contributed by atoms with E-state index < -0.39 is 24.4 Å². The molecule has 1 aliphatic heterocycles. The fourth-order valence-corrected chi connectivity index (χ4v) is 7.37. The minimum atomic E-state index is -0.629. The molecule has 1 aliphatic carbocycles. The lowest BCUT2D eigenvalue weighted by molar-refractivity contribution is -0.137. The van der Waals surface area contributed by atoms with Gasteiger partial charge in [0.25, 0.3) is 0 Å². The number of alkyl carbamates (subject to hydrolysis) is 1. The Morgan fingerprint density at radius 1 is 1.10 bits per heavy atom. The Hall–Kier alpha value is -3.63. The second-order valence-corrected chi connectivity index (χ2v) is 14.5. The summed E-state index contributed by atoms with van der Waals surface area (Å²) in [5, 5.41) is 6.09. The van der Waals surface area contributed by atoms with Crippen molar-refractivity contribution in [3.05, 3.63) is 29.5 Å². The third-order valence-electron chi connectivity index (χ3n) is 9.97. The lowest BCUT2D eigenvalue weighted by atomic mass is 9.77. The second kappa shape index (κ2) is 18.9. The van der Waals surface area contributed by atoms with Gasteiger partial charge in [-0.05, 0) is 103 Å². The number of anilines is 1. The Balaban J connectivity index is 0.000000305. The number of aryl methyl sites for hydroxylation is 1. The van der Waals surface area contributed by atoms with E-state index in [9.17, 15) is 23.6 Å². The Labute approximate surface area is 291 Å². The molecule has 1 aromatic carbocycles. The molecule has 3 amide bonds. The number of amides is 3. The number of likely N-dealkylation sites (tertiary alicyclic amines) is 1. The number of ether oxygens (including phenoxy) is 2. The Morgan fingerprint density at radius 2 is 1.82 bits per heavy atom. The maximum Gasteiger partial charge on any atom is 0.407 e. The highest BCUT2D eigenvalue weighted by molar-refractivity contribution is 5.99. The number of aromatic amines is 1. The van der Waals surface area contributed by atoms with E-state index >= 15 is 0 Å². The third kappa shape index (κ3) is 11.5. The van der Waals surface area contributed by atoms with Gasteiger partial charge in [-0.2, -0.15) is 0 Å². The van der Waals surface area contributed by atoms with Gasteiger partial charge in [0.2, 0.25) is 12.3 Å². The smallest absolute Gasteiger partial charge is 0.407 e. The van der Waals surface area contributed by atoms with Crippen molar-refractivity contribution < 1.29 is 33.0 Å². The molecule has 0 bridgehead atoms. The number of carbonyl (C=O) groups is 4. The van der Waals surface area contributed by atoms with Crippen LogP contribution in [0.4, 0.5) is 14.9 Å². The minimum Gasteiger partial charge on any atom is -0.461 e. The highest BCUT2D eigenvalue weighted by Crippen LogP contribution is 2.39. The van der Waals surface area contributed by atoms with Crippen LogP contribution in [-0.4, -0.2) is 71.8 Å². The summed E-state index contributed by atoms with van der Waals surface area (Å²) < 4.78 is 23.6. The fraction of sp³-hybridized carbons (Fsp3) is 0.684. The molecule has 11 heteroatoms. The van der Waals surface area contributed by atoms with E-state index in [1.807, 2.05) is 19.1 Å². The summed E-state index contributed by atoms with van der Waals surface area (Å²) in [5.41, 5.74) is 2.20. The van der Waals surface area contributed by atoms with Crippen LogP contribution in [-0.2, 0) is 19.1 Å². The molecule has 2 heterocycles. The largest absolute Gasteiger partial charge is 0.461 e. The zero-order valence-corrected chi connectivity index (χ0v) is 30.7. The number of alkyl halides is 1. The monoisotopic (exact) mass is 686 g/mol. The van der Waals surface area contributed by atoms with Crippen molar-refractivity contribution in [2.75, 3.05) is 25.1 Å². The highest BCUT2D eigenvalue weighted by atomic mass is 19.1. The number of fused-ring (bicyclic) bond motifs is 1. The van der Waals surface area contributed by atoms with Gasteiger partial charge < -0.3 is 30.0 Å². The SMILES string of the molecule is CCC(CCCC(CF)NC(=O)OC(C)(C)C)C(=O)N1CCC(C2CCCCC2)C1C.CCOC(=O)c1[nH]c2ccc(NC=O)cc2c1C. The number of rotatable bonds is 13. The maximum atomic E-state index is 13.4. The topological polar surface area (TPSA) is 130 Å². The van der Waals surface area contributed by atoms with Crippen molar-refractivity contribution in [2.24, 2.45) is 17.8 Å².